The highest BCUT2D eigenvalue weighted by Crippen LogP contribution is 2.35. The fourth-order valence-electron chi connectivity index (χ4n) is 1.46. The average Bonchev–Trinajstić information content (AvgIpc) is 2.29. The van der Waals surface area contributed by atoms with E-state index in [9.17, 15) is 9.18 Å². The van der Waals surface area contributed by atoms with Gasteiger partial charge in [-0.15, -0.1) is 11.6 Å². The van der Waals surface area contributed by atoms with E-state index in [2.05, 4.69) is 15.9 Å². The number of halogens is 3. The third-order valence-corrected chi connectivity index (χ3v) is 4.27. The zero-order valence-electron chi connectivity index (χ0n) is 9.24. The smallest absolute Gasteiger partial charge is 0.346 e. The number of alkyl halides is 3. The number of benzene rings is 1. The van der Waals surface area contributed by atoms with Gasteiger partial charge in [-0.05, 0) is 6.92 Å². The molecule has 0 heterocycles. The lowest BCUT2D eigenvalue weighted by Crippen LogP contribution is -2.35. The summed E-state index contributed by atoms with van der Waals surface area (Å²) in [5, 5.41) is 8.72. The van der Waals surface area contributed by atoms with E-state index in [0.717, 1.165) is 0 Å². The number of hydrogen-bond acceptors (Lipinski definition) is 1. The molecule has 0 aliphatic heterocycles. The standard InChI is InChI=1S/C12H13BrClFO2/c1-8(14)10(13)7-12(15,11(16)17)9-5-3-2-4-6-9/h2-6,8,10H,7H2,1H3,(H,16,17). The first-order chi connectivity index (χ1) is 7.88. The van der Waals surface area contributed by atoms with E-state index in [1.807, 2.05) is 0 Å². The number of carboxylic acids is 1. The molecule has 0 aliphatic carbocycles. The number of rotatable bonds is 5. The summed E-state index contributed by atoms with van der Waals surface area (Å²) in [5.74, 6) is -1.49. The van der Waals surface area contributed by atoms with Crippen LogP contribution in [0.15, 0.2) is 30.3 Å². The summed E-state index contributed by atoms with van der Waals surface area (Å²) < 4.78 is 14.6. The maximum Gasteiger partial charge on any atom is 0.346 e. The van der Waals surface area contributed by atoms with Crippen molar-refractivity contribution in [2.24, 2.45) is 0 Å². The normalized spacial score (nSPS) is 18.1. The number of carboxylic acid groups (broad SMARTS) is 1. The largest absolute Gasteiger partial charge is 0.479 e. The Bertz CT molecular complexity index is 385. The molecule has 0 spiro atoms. The molecule has 3 unspecified atom stereocenters. The molecular formula is C12H13BrClFO2. The second-order valence-corrected chi connectivity index (χ2v) is 5.73. The predicted molar refractivity (Wildman–Crippen MR) is 69.5 cm³/mol. The molecule has 0 saturated carbocycles. The zero-order valence-corrected chi connectivity index (χ0v) is 11.6. The van der Waals surface area contributed by atoms with Crippen LogP contribution in [0.1, 0.15) is 18.9 Å². The Morgan fingerprint density at radius 1 is 1.53 bits per heavy atom. The van der Waals surface area contributed by atoms with Crippen LogP contribution in [0.2, 0.25) is 0 Å². The maximum absolute atomic E-state index is 14.6. The third kappa shape index (κ3) is 3.42. The second-order valence-electron chi connectivity index (χ2n) is 3.87. The van der Waals surface area contributed by atoms with Gasteiger partial charge >= 0.3 is 5.97 Å². The van der Waals surface area contributed by atoms with Gasteiger partial charge in [-0.25, -0.2) is 9.18 Å². The van der Waals surface area contributed by atoms with Crippen molar-refractivity contribution in [2.45, 2.75) is 29.2 Å². The molecule has 2 nitrogen and oxygen atoms in total. The topological polar surface area (TPSA) is 37.3 Å². The molecule has 3 atom stereocenters. The molecule has 94 valence electrons. The van der Waals surface area contributed by atoms with Gasteiger partial charge in [0.25, 0.3) is 0 Å². The van der Waals surface area contributed by atoms with Gasteiger partial charge in [0.2, 0.25) is 5.67 Å². The van der Waals surface area contributed by atoms with Crippen molar-refractivity contribution in [3.05, 3.63) is 35.9 Å². The molecule has 1 rings (SSSR count). The van der Waals surface area contributed by atoms with Gasteiger partial charge in [-0.1, -0.05) is 46.3 Å². The first-order valence-corrected chi connectivity index (χ1v) is 6.49. The Balaban J connectivity index is 3.03. The first-order valence-electron chi connectivity index (χ1n) is 5.14. The zero-order chi connectivity index (χ0) is 13.1. The molecular weight excluding hydrogens is 310 g/mol. The van der Waals surface area contributed by atoms with E-state index in [0.29, 0.717) is 0 Å². The van der Waals surface area contributed by atoms with E-state index in [1.54, 1.807) is 25.1 Å². The average molecular weight is 324 g/mol. The van der Waals surface area contributed by atoms with Gasteiger partial charge < -0.3 is 5.11 Å². The lowest BCUT2D eigenvalue weighted by Gasteiger charge is -2.24. The maximum atomic E-state index is 14.6. The number of carbonyl (C=O) groups is 1. The number of hydrogen-bond donors (Lipinski definition) is 1. The molecule has 0 radical (unpaired) electrons. The van der Waals surface area contributed by atoms with Crippen LogP contribution >= 0.6 is 27.5 Å². The molecule has 1 aromatic rings. The highest BCUT2D eigenvalue weighted by Gasteiger charge is 2.43. The van der Waals surface area contributed by atoms with E-state index < -0.39 is 16.5 Å². The summed E-state index contributed by atoms with van der Waals surface area (Å²) in [5.41, 5.74) is -2.28. The van der Waals surface area contributed by atoms with Crippen LogP contribution in [0.25, 0.3) is 0 Å². The Hall–Kier alpha value is -0.610. The van der Waals surface area contributed by atoms with Crippen molar-refractivity contribution in [2.75, 3.05) is 0 Å². The van der Waals surface area contributed by atoms with Crippen LogP contribution in [-0.4, -0.2) is 21.3 Å². The fraction of sp³-hybridized carbons (Fsp3) is 0.417. The number of aliphatic carboxylic acids is 1. The lowest BCUT2D eigenvalue weighted by molar-refractivity contribution is -0.152. The third-order valence-electron chi connectivity index (χ3n) is 2.55. The van der Waals surface area contributed by atoms with Crippen LogP contribution in [0, 0.1) is 0 Å². The molecule has 1 N–H and O–H groups in total. The van der Waals surface area contributed by atoms with Crippen molar-refractivity contribution in [3.8, 4) is 0 Å². The van der Waals surface area contributed by atoms with Crippen molar-refractivity contribution in [1.82, 2.24) is 0 Å². The van der Waals surface area contributed by atoms with Crippen molar-refractivity contribution < 1.29 is 14.3 Å². The molecule has 0 amide bonds. The Labute approximate surface area is 113 Å². The van der Waals surface area contributed by atoms with Gasteiger partial charge in [0.05, 0.1) is 0 Å². The van der Waals surface area contributed by atoms with E-state index >= 15 is 0 Å². The van der Waals surface area contributed by atoms with Gasteiger partial charge in [-0.2, -0.15) is 0 Å². The molecule has 0 aliphatic rings. The summed E-state index contributed by atoms with van der Waals surface area (Å²) in [6.45, 7) is 1.69. The molecule has 1 aromatic carbocycles. The highest BCUT2D eigenvalue weighted by molar-refractivity contribution is 9.09. The summed E-state index contributed by atoms with van der Waals surface area (Å²) in [7, 11) is 0. The van der Waals surface area contributed by atoms with Gasteiger partial charge in [-0.3, -0.25) is 0 Å². The fourth-order valence-corrected chi connectivity index (χ4v) is 2.00. The minimum atomic E-state index is -2.42. The Morgan fingerprint density at radius 3 is 2.47 bits per heavy atom. The van der Waals surface area contributed by atoms with Crippen LogP contribution in [-0.2, 0) is 10.5 Å². The van der Waals surface area contributed by atoms with Crippen LogP contribution < -0.4 is 0 Å². The summed E-state index contributed by atoms with van der Waals surface area (Å²) in [6, 6.07) is 7.86. The molecule has 0 bridgehead atoms. The van der Waals surface area contributed by atoms with E-state index in [1.165, 1.54) is 12.1 Å². The van der Waals surface area contributed by atoms with Crippen molar-refractivity contribution in [3.63, 3.8) is 0 Å². The Kier molecular flexibility index (Phi) is 4.95. The molecule has 17 heavy (non-hydrogen) atoms. The van der Waals surface area contributed by atoms with Crippen LogP contribution in [0.4, 0.5) is 4.39 Å². The van der Waals surface area contributed by atoms with Crippen molar-refractivity contribution in [1.29, 1.82) is 0 Å². The quantitative estimate of drug-likeness (QED) is 0.839. The summed E-state index contributed by atoms with van der Waals surface area (Å²) >= 11 is 9.03. The monoisotopic (exact) mass is 322 g/mol. The Morgan fingerprint density at radius 2 is 2.06 bits per heavy atom. The van der Waals surface area contributed by atoms with E-state index in [-0.39, 0.29) is 17.4 Å². The predicted octanol–water partition coefficient (Wildman–Crippen LogP) is 3.72. The molecule has 0 saturated heterocycles. The van der Waals surface area contributed by atoms with Gasteiger partial charge in [0.1, 0.15) is 0 Å². The first kappa shape index (κ1) is 14.5. The SMILES string of the molecule is CC(Cl)C(Br)CC(F)(C(=O)O)c1ccccc1. The van der Waals surface area contributed by atoms with E-state index in [4.69, 9.17) is 16.7 Å². The molecule has 0 aromatic heterocycles. The van der Waals surface area contributed by atoms with Crippen LogP contribution in [0.5, 0.6) is 0 Å². The summed E-state index contributed by atoms with van der Waals surface area (Å²) in [4.78, 5) is 10.7. The summed E-state index contributed by atoms with van der Waals surface area (Å²) in [6.07, 6.45) is -0.211. The molecule has 0 fully saturated rings. The minimum Gasteiger partial charge on any atom is -0.479 e. The lowest BCUT2D eigenvalue weighted by atomic mass is 9.90. The van der Waals surface area contributed by atoms with Gasteiger partial charge in [0.15, 0.2) is 0 Å². The van der Waals surface area contributed by atoms with Crippen LogP contribution in [0.3, 0.4) is 0 Å². The van der Waals surface area contributed by atoms with Gasteiger partial charge in [0, 0.05) is 22.2 Å². The minimum absolute atomic E-state index is 0.134. The van der Waals surface area contributed by atoms with Crippen molar-refractivity contribution >= 4 is 33.5 Å². The highest BCUT2D eigenvalue weighted by atomic mass is 79.9. The second kappa shape index (κ2) is 5.83. The molecule has 5 heteroatoms.